The zero-order chi connectivity index (χ0) is 19.6. The maximum absolute atomic E-state index is 15.7. The van der Waals surface area contributed by atoms with Gasteiger partial charge in [-0.3, -0.25) is 27.9 Å². The molecule has 0 aromatic carbocycles. The molecule has 0 bridgehead atoms. The first-order valence-corrected chi connectivity index (χ1v) is 9.75. The van der Waals surface area contributed by atoms with Crippen LogP contribution in [0.25, 0.3) is 11.2 Å². The van der Waals surface area contributed by atoms with E-state index in [1.54, 1.807) is 13.8 Å². The molecule has 13 heteroatoms. The molecule has 2 saturated heterocycles. The Morgan fingerprint density at radius 3 is 3.00 bits per heavy atom. The highest BCUT2D eigenvalue weighted by molar-refractivity contribution is 7.48. The van der Waals surface area contributed by atoms with E-state index in [1.807, 2.05) is 0 Å². The van der Waals surface area contributed by atoms with Crippen molar-refractivity contribution in [1.29, 1.82) is 0 Å². The standard InChI is InChI=1S/C14H19FN5O6P/c1-6(2)25-27(22)23-4-7-9(26-27)14(3,15)12(24-7)20-5-17-8-10(20)18-13(16)19-11(8)21/h5-7,9,12H,4H2,1-3H3,(H3,16,18,19,21)/t7-,9?,12-,14-,27-/m1/s1. The smallest absolute Gasteiger partial charge is 0.369 e. The van der Waals surface area contributed by atoms with Crippen LogP contribution < -0.4 is 11.3 Å². The summed E-state index contributed by atoms with van der Waals surface area (Å²) in [5.74, 6) is -0.139. The van der Waals surface area contributed by atoms with E-state index in [2.05, 4.69) is 15.0 Å². The van der Waals surface area contributed by atoms with Crippen LogP contribution in [0.1, 0.15) is 27.0 Å². The zero-order valence-electron chi connectivity index (χ0n) is 14.8. The third-order valence-corrected chi connectivity index (χ3v) is 5.99. The molecule has 4 heterocycles. The van der Waals surface area contributed by atoms with E-state index in [0.717, 1.165) is 0 Å². The third-order valence-electron chi connectivity index (χ3n) is 4.36. The number of aromatic amines is 1. The molecule has 27 heavy (non-hydrogen) atoms. The van der Waals surface area contributed by atoms with Gasteiger partial charge in [0.25, 0.3) is 5.56 Å². The summed E-state index contributed by atoms with van der Waals surface area (Å²) in [4.78, 5) is 22.2. The average molecular weight is 403 g/mol. The van der Waals surface area contributed by atoms with Gasteiger partial charge in [0.2, 0.25) is 5.95 Å². The molecular formula is C14H19FN5O6P. The Labute approximate surface area is 152 Å². The van der Waals surface area contributed by atoms with Crippen molar-refractivity contribution in [3.05, 3.63) is 16.7 Å². The molecule has 1 unspecified atom stereocenters. The lowest BCUT2D eigenvalue weighted by Crippen LogP contribution is -2.45. The number of aromatic nitrogens is 4. The Balaban J connectivity index is 1.71. The van der Waals surface area contributed by atoms with Crippen LogP contribution in [0.15, 0.2) is 11.1 Å². The molecule has 0 amide bonds. The number of hydrogen-bond donors (Lipinski definition) is 2. The van der Waals surface area contributed by atoms with Crippen molar-refractivity contribution in [2.75, 3.05) is 12.3 Å². The predicted molar refractivity (Wildman–Crippen MR) is 90.6 cm³/mol. The summed E-state index contributed by atoms with van der Waals surface area (Å²) in [6, 6.07) is 0. The van der Waals surface area contributed by atoms with Gasteiger partial charge < -0.3 is 10.5 Å². The molecule has 3 N–H and O–H groups in total. The summed E-state index contributed by atoms with van der Waals surface area (Å²) >= 11 is 0. The number of halogens is 1. The van der Waals surface area contributed by atoms with Crippen molar-refractivity contribution in [2.45, 2.75) is 51.0 Å². The number of nitrogen functional groups attached to an aromatic ring is 1. The van der Waals surface area contributed by atoms with E-state index in [1.165, 1.54) is 17.8 Å². The van der Waals surface area contributed by atoms with Crippen molar-refractivity contribution < 1.29 is 27.3 Å². The molecule has 2 aromatic heterocycles. The van der Waals surface area contributed by atoms with Crippen molar-refractivity contribution in [3.8, 4) is 0 Å². The second-order valence-corrected chi connectivity index (χ2v) is 8.45. The van der Waals surface area contributed by atoms with Crippen LogP contribution in [0.5, 0.6) is 0 Å². The quantitative estimate of drug-likeness (QED) is 0.724. The first-order valence-electron chi connectivity index (χ1n) is 8.29. The topological polar surface area (TPSA) is 144 Å². The second kappa shape index (κ2) is 6.08. The molecule has 4 rings (SSSR count). The number of phosphoric ester groups is 1. The molecular weight excluding hydrogens is 384 g/mol. The number of nitrogens with two attached hydrogens (primary N) is 1. The molecule has 0 saturated carbocycles. The molecule has 2 aliphatic heterocycles. The van der Waals surface area contributed by atoms with Gasteiger partial charge in [0.1, 0.15) is 12.2 Å². The van der Waals surface area contributed by atoms with E-state index in [-0.39, 0.29) is 23.7 Å². The van der Waals surface area contributed by atoms with Gasteiger partial charge in [0, 0.05) is 0 Å². The average Bonchev–Trinajstić information content (AvgIpc) is 3.05. The fraction of sp³-hybridized carbons (Fsp3) is 0.643. The summed E-state index contributed by atoms with van der Waals surface area (Å²) < 4.78 is 51.1. The van der Waals surface area contributed by atoms with Crippen LogP contribution in [0, 0.1) is 0 Å². The van der Waals surface area contributed by atoms with Gasteiger partial charge in [-0.1, -0.05) is 0 Å². The summed E-state index contributed by atoms with van der Waals surface area (Å²) in [5, 5.41) is 0. The number of hydrogen-bond acceptors (Lipinski definition) is 9. The minimum Gasteiger partial charge on any atom is -0.369 e. The van der Waals surface area contributed by atoms with E-state index in [0.29, 0.717) is 0 Å². The number of fused-ring (bicyclic) bond motifs is 2. The Hall–Kier alpha value is -1.85. The number of nitrogens with zero attached hydrogens (tertiary/aromatic N) is 3. The third kappa shape index (κ3) is 2.97. The number of rotatable bonds is 3. The largest absolute Gasteiger partial charge is 0.475 e. The first-order chi connectivity index (χ1) is 12.6. The molecule has 2 fully saturated rings. The summed E-state index contributed by atoms with van der Waals surface area (Å²) in [6.45, 7) is 4.39. The molecule has 2 aliphatic rings. The van der Waals surface area contributed by atoms with Crippen LogP contribution in [-0.2, 0) is 22.9 Å². The van der Waals surface area contributed by atoms with Gasteiger partial charge in [0.05, 0.1) is 19.0 Å². The molecule has 5 atom stereocenters. The number of nitrogens with one attached hydrogen (secondary N) is 1. The number of ether oxygens (including phenoxy) is 1. The molecule has 0 spiro atoms. The van der Waals surface area contributed by atoms with E-state index in [9.17, 15) is 9.36 Å². The van der Waals surface area contributed by atoms with Crippen LogP contribution in [0.4, 0.5) is 10.3 Å². The number of alkyl halides is 1. The Morgan fingerprint density at radius 1 is 1.56 bits per heavy atom. The van der Waals surface area contributed by atoms with Crippen LogP contribution >= 0.6 is 7.82 Å². The highest BCUT2D eigenvalue weighted by Crippen LogP contribution is 2.60. The first kappa shape index (κ1) is 18.5. The molecule has 148 valence electrons. The lowest BCUT2D eigenvalue weighted by molar-refractivity contribution is -0.0733. The molecule has 2 aromatic rings. The predicted octanol–water partition coefficient (Wildman–Crippen LogP) is 1.28. The highest BCUT2D eigenvalue weighted by Gasteiger charge is 2.61. The lowest BCUT2D eigenvalue weighted by atomic mass is 9.98. The van der Waals surface area contributed by atoms with E-state index >= 15 is 4.39 Å². The van der Waals surface area contributed by atoms with Gasteiger partial charge >= 0.3 is 7.82 Å². The number of H-pyrrole nitrogens is 1. The maximum atomic E-state index is 15.7. The van der Waals surface area contributed by atoms with Crippen LogP contribution in [0.2, 0.25) is 0 Å². The Bertz CT molecular complexity index is 990. The summed E-state index contributed by atoms with van der Waals surface area (Å²) in [5.41, 5.74) is 2.93. The summed E-state index contributed by atoms with van der Waals surface area (Å²) in [7, 11) is -3.92. The van der Waals surface area contributed by atoms with E-state index < -0.39 is 43.6 Å². The monoisotopic (exact) mass is 403 g/mol. The lowest BCUT2D eigenvalue weighted by Gasteiger charge is -2.34. The van der Waals surface area contributed by atoms with Crippen LogP contribution in [0.3, 0.4) is 0 Å². The second-order valence-electron chi connectivity index (χ2n) is 6.88. The van der Waals surface area contributed by atoms with Crippen molar-refractivity contribution in [1.82, 2.24) is 19.5 Å². The SMILES string of the molecule is CC(C)O[P@@]1(=O)OC[C@H]2O[C@@H](n3cnc4c(=O)[nH]c(N)nc43)[C@](C)(F)C2O1. The van der Waals surface area contributed by atoms with Crippen LogP contribution in [-0.4, -0.2) is 50.1 Å². The zero-order valence-corrected chi connectivity index (χ0v) is 15.7. The Kier molecular flexibility index (Phi) is 4.17. The summed E-state index contributed by atoms with van der Waals surface area (Å²) in [6.07, 6.45) is -2.50. The van der Waals surface area contributed by atoms with Crippen molar-refractivity contribution in [3.63, 3.8) is 0 Å². The number of anilines is 1. The van der Waals surface area contributed by atoms with E-state index in [4.69, 9.17) is 24.0 Å². The van der Waals surface area contributed by atoms with Crippen molar-refractivity contribution in [2.24, 2.45) is 0 Å². The fourth-order valence-electron chi connectivity index (χ4n) is 3.27. The Morgan fingerprint density at radius 2 is 2.30 bits per heavy atom. The number of phosphoric acid groups is 1. The normalized spacial score (nSPS) is 36.4. The van der Waals surface area contributed by atoms with Gasteiger partial charge in [-0.2, -0.15) is 4.98 Å². The van der Waals surface area contributed by atoms with Gasteiger partial charge in [0.15, 0.2) is 23.1 Å². The maximum Gasteiger partial charge on any atom is 0.475 e. The van der Waals surface area contributed by atoms with Gasteiger partial charge in [-0.05, 0) is 20.8 Å². The minimum absolute atomic E-state index is 0.00977. The van der Waals surface area contributed by atoms with Gasteiger partial charge in [-0.25, -0.2) is 13.9 Å². The van der Waals surface area contributed by atoms with Gasteiger partial charge in [-0.15, -0.1) is 0 Å². The number of imidazole rings is 1. The minimum atomic E-state index is -3.92. The molecule has 0 aliphatic carbocycles. The van der Waals surface area contributed by atoms with Crippen molar-refractivity contribution >= 4 is 24.9 Å². The molecule has 11 nitrogen and oxygen atoms in total. The highest BCUT2D eigenvalue weighted by atomic mass is 31.2. The fourth-order valence-corrected chi connectivity index (χ4v) is 4.91. The molecule has 0 radical (unpaired) electrons.